The third-order valence-corrected chi connectivity index (χ3v) is 5.69. The molecule has 0 saturated carbocycles. The number of nitrogens with one attached hydrogen (secondary N) is 1. The summed E-state index contributed by atoms with van der Waals surface area (Å²) in [5.41, 5.74) is 1.15. The van der Waals surface area contributed by atoms with E-state index in [0.29, 0.717) is 11.1 Å². The molecule has 2 rings (SSSR count). The smallest absolute Gasteiger partial charge is 0.407 e. The second-order valence-corrected chi connectivity index (χ2v) is 9.60. The molecule has 9 heteroatoms. The first-order chi connectivity index (χ1) is 13.8. The van der Waals surface area contributed by atoms with Crippen molar-refractivity contribution in [2.24, 2.45) is 5.92 Å². The molecule has 2 atom stereocenters. The monoisotopic (exact) mass is 443 g/mol. The number of alkyl halides is 3. The standard InChI is InChI=1S/C21H24F3NO4S/c1-13(2)12-18(20(26)27)25-19(21(22,23)24)16-6-4-14(5-7-16)15-8-10-17(11-9-15)30(3,28)29/h4-11,13,18-19,25H,12H2,1-3H3,(H,26,27). The van der Waals surface area contributed by atoms with Gasteiger partial charge in [-0.3, -0.25) is 10.1 Å². The molecule has 0 bridgehead atoms. The molecular weight excluding hydrogens is 419 g/mol. The van der Waals surface area contributed by atoms with E-state index in [1.807, 2.05) is 0 Å². The summed E-state index contributed by atoms with van der Waals surface area (Å²) in [6.45, 7) is 3.48. The molecule has 0 amide bonds. The predicted molar refractivity (Wildman–Crippen MR) is 108 cm³/mol. The lowest BCUT2D eigenvalue weighted by Gasteiger charge is -2.27. The average Bonchev–Trinajstić information content (AvgIpc) is 2.63. The molecule has 2 aromatic carbocycles. The number of rotatable bonds is 8. The van der Waals surface area contributed by atoms with E-state index in [9.17, 15) is 31.5 Å². The van der Waals surface area contributed by atoms with Crippen LogP contribution in [0.5, 0.6) is 0 Å². The summed E-state index contributed by atoms with van der Waals surface area (Å²) >= 11 is 0. The van der Waals surface area contributed by atoms with E-state index < -0.39 is 34.1 Å². The van der Waals surface area contributed by atoms with Gasteiger partial charge in [-0.2, -0.15) is 13.2 Å². The van der Waals surface area contributed by atoms with Crippen molar-refractivity contribution in [2.45, 2.75) is 43.4 Å². The fraction of sp³-hybridized carbons (Fsp3) is 0.381. The fourth-order valence-corrected chi connectivity index (χ4v) is 3.69. The predicted octanol–water partition coefficient (Wildman–Crippen LogP) is 4.45. The molecule has 2 N–H and O–H groups in total. The van der Waals surface area contributed by atoms with Gasteiger partial charge >= 0.3 is 12.1 Å². The Bertz CT molecular complexity index is 969. The Hall–Kier alpha value is -2.39. The molecular formula is C21H24F3NO4S. The van der Waals surface area contributed by atoms with Gasteiger partial charge in [0.05, 0.1) is 4.90 Å². The van der Waals surface area contributed by atoms with E-state index >= 15 is 0 Å². The zero-order valence-corrected chi connectivity index (χ0v) is 17.6. The lowest BCUT2D eigenvalue weighted by Crippen LogP contribution is -2.45. The van der Waals surface area contributed by atoms with Gasteiger partial charge in [0.2, 0.25) is 0 Å². The molecule has 0 fully saturated rings. The van der Waals surface area contributed by atoms with E-state index in [2.05, 4.69) is 5.32 Å². The van der Waals surface area contributed by atoms with E-state index in [4.69, 9.17) is 0 Å². The van der Waals surface area contributed by atoms with Crippen molar-refractivity contribution in [2.75, 3.05) is 6.26 Å². The average molecular weight is 443 g/mol. The van der Waals surface area contributed by atoms with Crippen LogP contribution in [0, 0.1) is 5.92 Å². The van der Waals surface area contributed by atoms with Gasteiger partial charge < -0.3 is 5.11 Å². The molecule has 0 spiro atoms. The summed E-state index contributed by atoms with van der Waals surface area (Å²) in [4.78, 5) is 11.5. The summed E-state index contributed by atoms with van der Waals surface area (Å²) in [5.74, 6) is -1.43. The molecule has 30 heavy (non-hydrogen) atoms. The Labute approximate surface area is 173 Å². The van der Waals surface area contributed by atoms with Crippen LogP contribution in [0.15, 0.2) is 53.4 Å². The van der Waals surface area contributed by atoms with Gasteiger partial charge in [0.15, 0.2) is 9.84 Å². The van der Waals surface area contributed by atoms with E-state index in [-0.39, 0.29) is 22.8 Å². The highest BCUT2D eigenvalue weighted by atomic mass is 32.2. The van der Waals surface area contributed by atoms with Gasteiger partial charge in [-0.1, -0.05) is 50.2 Å². The van der Waals surface area contributed by atoms with Crippen molar-refractivity contribution in [3.05, 3.63) is 54.1 Å². The van der Waals surface area contributed by atoms with Crippen LogP contribution in [-0.4, -0.2) is 38.0 Å². The first-order valence-corrected chi connectivity index (χ1v) is 11.1. The van der Waals surface area contributed by atoms with E-state index in [0.717, 1.165) is 6.26 Å². The summed E-state index contributed by atoms with van der Waals surface area (Å²) in [7, 11) is -3.34. The second-order valence-electron chi connectivity index (χ2n) is 7.58. The van der Waals surface area contributed by atoms with Crippen LogP contribution in [0.1, 0.15) is 31.9 Å². The maximum Gasteiger partial charge on any atom is 0.407 e. The van der Waals surface area contributed by atoms with Crippen molar-refractivity contribution in [3.63, 3.8) is 0 Å². The van der Waals surface area contributed by atoms with Crippen molar-refractivity contribution < 1.29 is 31.5 Å². The lowest BCUT2D eigenvalue weighted by molar-refractivity contribution is -0.163. The zero-order chi connectivity index (χ0) is 22.7. The van der Waals surface area contributed by atoms with Crippen LogP contribution in [0.2, 0.25) is 0 Å². The first-order valence-electron chi connectivity index (χ1n) is 9.25. The van der Waals surface area contributed by atoms with Crippen molar-refractivity contribution in [1.29, 1.82) is 0 Å². The number of hydrogen-bond donors (Lipinski definition) is 2. The highest BCUT2D eigenvalue weighted by molar-refractivity contribution is 7.90. The zero-order valence-electron chi connectivity index (χ0n) is 16.8. The Morgan fingerprint density at radius 1 is 1.00 bits per heavy atom. The highest BCUT2D eigenvalue weighted by Gasteiger charge is 2.42. The van der Waals surface area contributed by atoms with Gasteiger partial charge in [-0.15, -0.1) is 0 Å². The van der Waals surface area contributed by atoms with Crippen LogP contribution < -0.4 is 5.32 Å². The number of aliphatic carboxylic acids is 1. The summed E-state index contributed by atoms with van der Waals surface area (Å²) in [6, 6.07) is 8.12. The van der Waals surface area contributed by atoms with Crippen molar-refractivity contribution in [3.8, 4) is 11.1 Å². The summed E-state index contributed by atoms with van der Waals surface area (Å²) < 4.78 is 64.0. The number of halogens is 3. The second kappa shape index (κ2) is 9.18. The number of carboxylic acid groups (broad SMARTS) is 1. The Kier molecular flexibility index (Phi) is 7.31. The van der Waals surface area contributed by atoms with Crippen LogP contribution >= 0.6 is 0 Å². The Morgan fingerprint density at radius 3 is 1.83 bits per heavy atom. The maximum atomic E-state index is 13.6. The molecule has 0 heterocycles. The molecule has 0 saturated heterocycles. The van der Waals surface area contributed by atoms with Crippen LogP contribution in [0.4, 0.5) is 13.2 Å². The number of carboxylic acids is 1. The highest BCUT2D eigenvalue weighted by Crippen LogP contribution is 2.34. The minimum atomic E-state index is -4.68. The normalized spacial score (nSPS) is 14.5. The van der Waals surface area contributed by atoms with Gasteiger partial charge in [0, 0.05) is 6.26 Å². The Balaban J connectivity index is 2.30. The van der Waals surface area contributed by atoms with Crippen LogP contribution in [0.3, 0.4) is 0 Å². The minimum Gasteiger partial charge on any atom is -0.480 e. The third kappa shape index (κ3) is 6.30. The quantitative estimate of drug-likeness (QED) is 0.630. The molecule has 0 radical (unpaired) electrons. The largest absolute Gasteiger partial charge is 0.480 e. The van der Waals surface area contributed by atoms with Crippen LogP contribution in [-0.2, 0) is 14.6 Å². The molecule has 0 aromatic heterocycles. The third-order valence-electron chi connectivity index (χ3n) is 4.56. The molecule has 2 unspecified atom stereocenters. The van der Waals surface area contributed by atoms with Crippen molar-refractivity contribution >= 4 is 15.8 Å². The van der Waals surface area contributed by atoms with Gasteiger partial charge in [0.1, 0.15) is 12.1 Å². The molecule has 164 valence electrons. The maximum absolute atomic E-state index is 13.6. The number of sulfone groups is 1. The van der Waals surface area contributed by atoms with Gasteiger partial charge in [-0.05, 0) is 41.2 Å². The molecule has 0 aliphatic rings. The number of carbonyl (C=O) groups is 1. The topological polar surface area (TPSA) is 83.5 Å². The molecule has 2 aromatic rings. The molecule has 0 aliphatic heterocycles. The summed E-state index contributed by atoms with van der Waals surface area (Å²) in [6.07, 6.45) is -3.53. The fourth-order valence-electron chi connectivity index (χ4n) is 3.06. The van der Waals surface area contributed by atoms with Crippen LogP contribution in [0.25, 0.3) is 11.1 Å². The SMILES string of the molecule is CC(C)CC(NC(c1ccc(-c2ccc(S(C)(=O)=O)cc2)cc1)C(F)(F)F)C(=O)O. The van der Waals surface area contributed by atoms with Gasteiger partial charge in [-0.25, -0.2) is 8.42 Å². The number of benzene rings is 2. The first kappa shape index (κ1) is 23.9. The van der Waals surface area contributed by atoms with E-state index in [1.165, 1.54) is 36.4 Å². The molecule has 0 aliphatic carbocycles. The van der Waals surface area contributed by atoms with E-state index in [1.54, 1.807) is 26.0 Å². The number of hydrogen-bond acceptors (Lipinski definition) is 4. The lowest BCUT2D eigenvalue weighted by atomic mass is 9.98. The van der Waals surface area contributed by atoms with Crippen molar-refractivity contribution in [1.82, 2.24) is 5.32 Å². The molecule has 5 nitrogen and oxygen atoms in total. The minimum absolute atomic E-state index is 0.0622. The van der Waals surface area contributed by atoms with Gasteiger partial charge in [0.25, 0.3) is 0 Å². The summed E-state index contributed by atoms with van der Waals surface area (Å²) in [5, 5.41) is 11.5. The Morgan fingerprint density at radius 2 is 1.47 bits per heavy atom.